The van der Waals surface area contributed by atoms with Gasteiger partial charge in [-0.25, -0.2) is 13.2 Å². The molecule has 1 N–H and O–H groups in total. The van der Waals surface area contributed by atoms with Crippen LogP contribution in [0.25, 0.3) is 0 Å². The number of sulfonamides is 1. The average Bonchev–Trinajstić information content (AvgIpc) is 2.95. The maximum atomic E-state index is 14.0. The predicted octanol–water partition coefficient (Wildman–Crippen LogP) is 4.20. The molecule has 0 aromatic heterocycles. The lowest BCUT2D eigenvalue weighted by Gasteiger charge is -2.25. The SMILES string of the molecule is CCc1ccc(N(CC(=O)Nc2cc(OC)c(OC)cc2C(=O)OC)S(=O)(=O)c2cc(C)ccc2OC)cc1. The Morgan fingerprint density at radius 3 is 2.03 bits per heavy atom. The van der Waals surface area contributed by atoms with E-state index in [1.807, 2.05) is 6.92 Å². The van der Waals surface area contributed by atoms with Gasteiger partial charge in [-0.05, 0) is 48.7 Å². The summed E-state index contributed by atoms with van der Waals surface area (Å²) >= 11 is 0. The summed E-state index contributed by atoms with van der Waals surface area (Å²) < 4.78 is 49.7. The number of nitrogens with zero attached hydrogens (tertiary/aromatic N) is 1. The number of rotatable bonds is 11. The first-order chi connectivity index (χ1) is 18.6. The molecule has 0 atom stereocenters. The second-order valence-corrected chi connectivity index (χ2v) is 10.3. The molecule has 0 aliphatic carbocycles. The van der Waals surface area contributed by atoms with Gasteiger partial charge in [0.25, 0.3) is 10.0 Å². The summed E-state index contributed by atoms with van der Waals surface area (Å²) in [5.74, 6) is -0.784. The summed E-state index contributed by atoms with van der Waals surface area (Å²) in [7, 11) is 1.12. The lowest BCUT2D eigenvalue weighted by Crippen LogP contribution is -2.38. The first kappa shape index (κ1) is 29.3. The fraction of sp³-hybridized carbons (Fsp3) is 0.286. The zero-order valence-corrected chi connectivity index (χ0v) is 23.5. The predicted molar refractivity (Wildman–Crippen MR) is 148 cm³/mol. The van der Waals surface area contributed by atoms with Crippen molar-refractivity contribution in [2.45, 2.75) is 25.2 Å². The minimum absolute atomic E-state index is 0.00515. The Labute approximate surface area is 228 Å². The number of ether oxygens (including phenoxy) is 4. The van der Waals surface area contributed by atoms with Crippen molar-refractivity contribution in [2.24, 2.45) is 0 Å². The van der Waals surface area contributed by atoms with Gasteiger partial charge in [-0.1, -0.05) is 25.1 Å². The van der Waals surface area contributed by atoms with E-state index in [0.29, 0.717) is 5.56 Å². The fourth-order valence-electron chi connectivity index (χ4n) is 3.90. The van der Waals surface area contributed by atoms with E-state index in [1.54, 1.807) is 43.3 Å². The third kappa shape index (κ3) is 6.43. The molecule has 11 heteroatoms. The molecule has 3 rings (SSSR count). The number of hydrogen-bond donors (Lipinski definition) is 1. The summed E-state index contributed by atoms with van der Waals surface area (Å²) in [4.78, 5) is 25.7. The Hall–Kier alpha value is -4.25. The van der Waals surface area contributed by atoms with Crippen LogP contribution in [0, 0.1) is 6.92 Å². The van der Waals surface area contributed by atoms with Crippen molar-refractivity contribution < 1.29 is 37.0 Å². The average molecular weight is 557 g/mol. The van der Waals surface area contributed by atoms with Crippen LogP contribution in [-0.4, -0.2) is 55.3 Å². The highest BCUT2D eigenvalue weighted by atomic mass is 32.2. The topological polar surface area (TPSA) is 120 Å². The molecule has 0 fully saturated rings. The molecule has 3 aromatic rings. The lowest BCUT2D eigenvalue weighted by molar-refractivity contribution is -0.114. The summed E-state index contributed by atoms with van der Waals surface area (Å²) in [6.07, 6.45) is 0.759. The van der Waals surface area contributed by atoms with Gasteiger partial charge < -0.3 is 24.3 Å². The number of nitrogens with one attached hydrogen (secondary N) is 1. The Balaban J connectivity index is 2.07. The summed E-state index contributed by atoms with van der Waals surface area (Å²) in [6.45, 7) is 3.15. The Bertz CT molecular complexity index is 1450. The van der Waals surface area contributed by atoms with Crippen LogP contribution in [0.15, 0.2) is 59.5 Å². The van der Waals surface area contributed by atoms with Gasteiger partial charge in [0.15, 0.2) is 11.5 Å². The zero-order valence-electron chi connectivity index (χ0n) is 22.7. The molecular formula is C28H32N2O8S. The van der Waals surface area contributed by atoms with Gasteiger partial charge in [-0.3, -0.25) is 9.10 Å². The first-order valence-electron chi connectivity index (χ1n) is 12.0. The van der Waals surface area contributed by atoms with Gasteiger partial charge in [-0.15, -0.1) is 0 Å². The Morgan fingerprint density at radius 1 is 0.846 bits per heavy atom. The largest absolute Gasteiger partial charge is 0.495 e. The van der Waals surface area contributed by atoms with E-state index in [2.05, 4.69) is 5.32 Å². The number of carbonyl (C=O) groups excluding carboxylic acids is 2. The summed E-state index contributed by atoms with van der Waals surface area (Å²) in [6, 6.07) is 14.4. The van der Waals surface area contributed by atoms with Crippen LogP contribution < -0.4 is 23.8 Å². The molecule has 0 unspecified atom stereocenters. The minimum atomic E-state index is -4.27. The minimum Gasteiger partial charge on any atom is -0.495 e. The molecule has 0 aliphatic rings. The molecule has 0 bridgehead atoms. The van der Waals surface area contributed by atoms with Gasteiger partial charge in [0, 0.05) is 12.1 Å². The van der Waals surface area contributed by atoms with E-state index in [0.717, 1.165) is 16.3 Å². The molecular weight excluding hydrogens is 524 g/mol. The van der Waals surface area contributed by atoms with E-state index in [4.69, 9.17) is 18.9 Å². The van der Waals surface area contributed by atoms with Crippen molar-refractivity contribution in [1.82, 2.24) is 0 Å². The van der Waals surface area contributed by atoms with Crippen LogP contribution in [0.5, 0.6) is 17.2 Å². The van der Waals surface area contributed by atoms with Crippen LogP contribution >= 0.6 is 0 Å². The van der Waals surface area contributed by atoms with Crippen LogP contribution in [0.4, 0.5) is 11.4 Å². The number of methoxy groups -OCH3 is 4. The molecule has 0 saturated heterocycles. The van der Waals surface area contributed by atoms with Crippen LogP contribution in [0.1, 0.15) is 28.4 Å². The number of amides is 1. The van der Waals surface area contributed by atoms with E-state index >= 15 is 0 Å². The molecule has 3 aromatic carbocycles. The van der Waals surface area contributed by atoms with E-state index in [9.17, 15) is 18.0 Å². The van der Waals surface area contributed by atoms with E-state index < -0.39 is 28.4 Å². The quantitative estimate of drug-likeness (QED) is 0.349. The molecule has 0 aliphatic heterocycles. The third-order valence-electron chi connectivity index (χ3n) is 6.01. The molecule has 0 heterocycles. The first-order valence-corrected chi connectivity index (χ1v) is 13.4. The van der Waals surface area contributed by atoms with Crippen molar-refractivity contribution in [1.29, 1.82) is 0 Å². The van der Waals surface area contributed by atoms with Crippen molar-refractivity contribution in [2.75, 3.05) is 44.6 Å². The molecule has 39 heavy (non-hydrogen) atoms. The van der Waals surface area contributed by atoms with Crippen molar-refractivity contribution >= 4 is 33.3 Å². The molecule has 0 spiro atoms. The van der Waals surface area contributed by atoms with Crippen LogP contribution in [0.2, 0.25) is 0 Å². The Morgan fingerprint density at radius 2 is 1.46 bits per heavy atom. The summed E-state index contributed by atoms with van der Waals surface area (Å²) in [5.41, 5.74) is 2.06. The highest BCUT2D eigenvalue weighted by molar-refractivity contribution is 7.93. The van der Waals surface area contributed by atoms with Crippen LogP contribution in [-0.2, 0) is 26.0 Å². The zero-order chi connectivity index (χ0) is 28.7. The van der Waals surface area contributed by atoms with Crippen molar-refractivity contribution in [3.63, 3.8) is 0 Å². The number of carbonyl (C=O) groups is 2. The van der Waals surface area contributed by atoms with Gasteiger partial charge in [-0.2, -0.15) is 0 Å². The number of benzene rings is 3. The van der Waals surface area contributed by atoms with Crippen molar-refractivity contribution in [3.8, 4) is 17.2 Å². The molecule has 10 nitrogen and oxygen atoms in total. The second-order valence-electron chi connectivity index (χ2n) is 8.48. The van der Waals surface area contributed by atoms with Gasteiger partial charge in [0.2, 0.25) is 5.91 Å². The normalized spacial score (nSPS) is 10.9. The van der Waals surface area contributed by atoms with Gasteiger partial charge >= 0.3 is 5.97 Å². The van der Waals surface area contributed by atoms with E-state index in [1.165, 1.54) is 46.6 Å². The van der Waals surface area contributed by atoms with Crippen LogP contribution in [0.3, 0.4) is 0 Å². The molecule has 208 valence electrons. The number of hydrogen-bond acceptors (Lipinski definition) is 8. The monoisotopic (exact) mass is 556 g/mol. The second kappa shape index (κ2) is 12.5. The highest BCUT2D eigenvalue weighted by Gasteiger charge is 2.31. The Kier molecular flexibility index (Phi) is 9.42. The number of anilines is 2. The summed E-state index contributed by atoms with van der Waals surface area (Å²) in [5, 5.41) is 2.63. The fourth-order valence-corrected chi connectivity index (χ4v) is 5.56. The van der Waals surface area contributed by atoms with Crippen molar-refractivity contribution in [3.05, 3.63) is 71.3 Å². The third-order valence-corrected chi connectivity index (χ3v) is 7.81. The maximum absolute atomic E-state index is 14.0. The number of aryl methyl sites for hydroxylation is 2. The smallest absolute Gasteiger partial charge is 0.340 e. The van der Waals surface area contributed by atoms with E-state index in [-0.39, 0.29) is 39.1 Å². The molecule has 0 radical (unpaired) electrons. The lowest BCUT2D eigenvalue weighted by atomic mass is 10.1. The standard InChI is InChI=1S/C28H32N2O8S/c1-7-19-9-11-20(12-10-19)30(39(33,34)26-14-18(2)8-13-23(26)35-3)17-27(31)29-22-16-25(37-5)24(36-4)15-21(22)28(32)38-6/h8-16H,7,17H2,1-6H3,(H,29,31). The highest BCUT2D eigenvalue weighted by Crippen LogP contribution is 2.35. The molecule has 0 saturated carbocycles. The van der Waals surface area contributed by atoms with Gasteiger partial charge in [0.1, 0.15) is 17.2 Å². The number of esters is 1. The van der Waals surface area contributed by atoms with Gasteiger partial charge in [0.05, 0.1) is 45.4 Å². The molecule has 1 amide bonds. The maximum Gasteiger partial charge on any atom is 0.340 e.